The van der Waals surface area contributed by atoms with Gasteiger partial charge in [-0.3, -0.25) is 24.9 Å². The lowest BCUT2D eigenvalue weighted by atomic mass is 9.95. The molecule has 1 atom stereocenters. The number of alkyl halides is 1. The van der Waals surface area contributed by atoms with Crippen LogP contribution >= 0.6 is 11.6 Å². The van der Waals surface area contributed by atoms with Crippen LogP contribution in [-0.2, 0) is 11.3 Å². The summed E-state index contributed by atoms with van der Waals surface area (Å²) in [6.07, 6.45) is 0.838. The molecule has 2 aromatic heterocycles. The summed E-state index contributed by atoms with van der Waals surface area (Å²) in [6, 6.07) is 14.9. The number of aromatic nitrogens is 1. The van der Waals surface area contributed by atoms with Crippen LogP contribution in [0.2, 0.25) is 0 Å². The van der Waals surface area contributed by atoms with Crippen molar-refractivity contribution in [2.75, 3.05) is 44.0 Å². The van der Waals surface area contributed by atoms with Crippen molar-refractivity contribution in [1.29, 1.82) is 0 Å². The first-order valence-corrected chi connectivity index (χ1v) is 14.2. The van der Waals surface area contributed by atoms with Crippen molar-refractivity contribution in [2.45, 2.75) is 12.5 Å². The number of furan rings is 1. The number of nitro groups is 1. The maximum Gasteiger partial charge on any atom is 0.433 e. The third-order valence-electron chi connectivity index (χ3n) is 7.68. The van der Waals surface area contributed by atoms with Crippen molar-refractivity contribution in [1.82, 2.24) is 4.57 Å². The second-order valence-electron chi connectivity index (χ2n) is 10.1. The first-order valence-electron chi connectivity index (χ1n) is 13.7. The molecule has 1 aliphatic rings. The lowest BCUT2D eigenvalue weighted by Crippen LogP contribution is -2.33. The molecule has 1 N–H and O–H groups in total. The number of methoxy groups -OCH3 is 3. The zero-order valence-electron chi connectivity index (χ0n) is 24.4. The van der Waals surface area contributed by atoms with E-state index in [0.717, 1.165) is 16.3 Å². The number of hydrogen-bond acceptors (Lipinski definition) is 9. The fourth-order valence-corrected chi connectivity index (χ4v) is 5.99. The van der Waals surface area contributed by atoms with E-state index in [1.54, 1.807) is 29.3 Å². The van der Waals surface area contributed by atoms with Crippen molar-refractivity contribution in [3.05, 3.63) is 82.2 Å². The summed E-state index contributed by atoms with van der Waals surface area (Å²) >= 11 is 6.46. The Balaban J connectivity index is 1.38. The minimum atomic E-state index is -0.814. The molecule has 2 amide bonds. The predicted molar refractivity (Wildman–Crippen MR) is 166 cm³/mol. The van der Waals surface area contributed by atoms with Gasteiger partial charge in [-0.05, 0) is 35.2 Å². The van der Waals surface area contributed by atoms with Crippen LogP contribution in [0.3, 0.4) is 0 Å². The summed E-state index contributed by atoms with van der Waals surface area (Å²) in [4.78, 5) is 39.0. The number of anilines is 2. The molecule has 3 aromatic carbocycles. The normalized spacial score (nSPS) is 14.0. The fourth-order valence-electron chi connectivity index (χ4n) is 5.74. The average Bonchev–Trinajstić information content (AvgIpc) is 3.79. The zero-order chi connectivity index (χ0) is 31.8. The number of amides is 2. The summed E-state index contributed by atoms with van der Waals surface area (Å²) < 4.78 is 28.5. The molecule has 0 saturated carbocycles. The highest BCUT2D eigenvalue weighted by molar-refractivity contribution is 6.19. The Bertz CT molecular complexity index is 1970. The van der Waals surface area contributed by atoms with E-state index in [-0.39, 0.29) is 30.2 Å². The van der Waals surface area contributed by atoms with E-state index in [2.05, 4.69) is 5.32 Å². The summed E-state index contributed by atoms with van der Waals surface area (Å²) in [5.74, 6) is 0.865. The molecule has 0 fully saturated rings. The molecule has 0 aliphatic carbocycles. The van der Waals surface area contributed by atoms with E-state index >= 15 is 0 Å². The number of halogens is 1. The molecular weight excluding hydrogens is 608 g/mol. The van der Waals surface area contributed by atoms with Crippen molar-refractivity contribution in [3.63, 3.8) is 0 Å². The number of nitrogens with zero attached hydrogens (tertiary/aromatic N) is 3. The highest BCUT2D eigenvalue weighted by atomic mass is 35.5. The van der Waals surface area contributed by atoms with Gasteiger partial charge in [-0.25, -0.2) is 9.59 Å². The maximum atomic E-state index is 14.3. The van der Waals surface area contributed by atoms with Gasteiger partial charge >= 0.3 is 18.0 Å². The van der Waals surface area contributed by atoms with E-state index in [9.17, 15) is 19.7 Å². The average molecular weight is 635 g/mol. The molecule has 3 heterocycles. The van der Waals surface area contributed by atoms with Crippen LogP contribution in [0.25, 0.3) is 21.7 Å². The van der Waals surface area contributed by atoms with Gasteiger partial charge in [0.15, 0.2) is 18.1 Å². The monoisotopic (exact) mass is 634 g/mol. The number of nitrogens with one attached hydrogen (secondary N) is 1. The third kappa shape index (κ3) is 5.10. The predicted octanol–water partition coefficient (Wildman–Crippen LogP) is 6.88. The van der Waals surface area contributed by atoms with E-state index in [1.807, 2.05) is 24.3 Å². The number of carbonyl (C=O) groups excluding carboxylic acids is 2. The number of carbonyl (C=O) groups is 2. The summed E-state index contributed by atoms with van der Waals surface area (Å²) in [5, 5.41) is 15.9. The second kappa shape index (κ2) is 11.9. The molecule has 5 aromatic rings. The van der Waals surface area contributed by atoms with Crippen LogP contribution in [0.4, 0.5) is 26.8 Å². The van der Waals surface area contributed by atoms with Crippen LogP contribution in [-0.4, -0.2) is 55.4 Å². The first kappa shape index (κ1) is 29.6. The van der Waals surface area contributed by atoms with Crippen molar-refractivity contribution >= 4 is 62.7 Å². The van der Waals surface area contributed by atoms with E-state index in [0.29, 0.717) is 46.1 Å². The SMILES string of the molecule is COc1cc2ccn(C(=O)N3CC(CCl)c4c3cc(NC(=O)OCc3ccc([N+](=O)[O-])o3)c3ccccc43)c2c(OC)c1OC. The lowest BCUT2D eigenvalue weighted by molar-refractivity contribution is -0.402. The Labute approximate surface area is 260 Å². The Kier molecular flexibility index (Phi) is 7.85. The van der Waals surface area contributed by atoms with Crippen molar-refractivity contribution in [3.8, 4) is 17.2 Å². The number of benzene rings is 3. The lowest BCUT2D eigenvalue weighted by Gasteiger charge is -2.21. The molecule has 0 spiro atoms. The highest BCUT2D eigenvalue weighted by Crippen LogP contribution is 2.47. The second-order valence-corrected chi connectivity index (χ2v) is 10.4. The summed E-state index contributed by atoms with van der Waals surface area (Å²) in [6.45, 7) is -0.0274. The van der Waals surface area contributed by atoms with Crippen LogP contribution in [0.5, 0.6) is 17.2 Å². The van der Waals surface area contributed by atoms with Crippen LogP contribution in [0.1, 0.15) is 17.2 Å². The van der Waals surface area contributed by atoms with Crippen molar-refractivity contribution < 1.29 is 37.9 Å². The van der Waals surface area contributed by atoms with Gasteiger partial charge < -0.3 is 23.4 Å². The Morgan fingerprint density at radius 3 is 2.47 bits per heavy atom. The van der Waals surface area contributed by atoms with Crippen LogP contribution in [0.15, 0.2) is 65.2 Å². The van der Waals surface area contributed by atoms with Gasteiger partial charge in [0.25, 0.3) is 0 Å². The minimum absolute atomic E-state index is 0.112. The van der Waals surface area contributed by atoms with Gasteiger partial charge in [0.1, 0.15) is 16.2 Å². The largest absolute Gasteiger partial charge is 0.493 e. The van der Waals surface area contributed by atoms with Gasteiger partial charge in [0.2, 0.25) is 5.75 Å². The maximum absolute atomic E-state index is 14.3. The Morgan fingerprint density at radius 1 is 1.04 bits per heavy atom. The molecule has 13 nitrogen and oxygen atoms in total. The molecule has 6 rings (SSSR count). The van der Waals surface area contributed by atoms with Gasteiger partial charge in [0, 0.05) is 35.3 Å². The summed E-state index contributed by atoms with van der Waals surface area (Å²) in [7, 11) is 4.50. The van der Waals surface area contributed by atoms with E-state index in [4.69, 9.17) is 35.0 Å². The molecule has 0 radical (unpaired) electrons. The first-order chi connectivity index (χ1) is 21.8. The van der Waals surface area contributed by atoms with Crippen LogP contribution < -0.4 is 24.4 Å². The van der Waals surface area contributed by atoms with Gasteiger partial charge in [-0.1, -0.05) is 24.3 Å². The van der Waals surface area contributed by atoms with Crippen LogP contribution in [0, 0.1) is 10.1 Å². The molecule has 45 heavy (non-hydrogen) atoms. The quantitative estimate of drug-likeness (QED) is 0.109. The topological polar surface area (TPSA) is 148 Å². The minimum Gasteiger partial charge on any atom is -0.493 e. The number of rotatable bonds is 8. The number of hydrogen-bond donors (Lipinski definition) is 1. The van der Waals surface area contributed by atoms with Gasteiger partial charge in [0.05, 0.1) is 38.8 Å². The molecular formula is C31H27ClN4O9. The molecule has 14 heteroatoms. The third-order valence-corrected chi connectivity index (χ3v) is 8.05. The van der Waals surface area contributed by atoms with E-state index in [1.165, 1.54) is 38.0 Å². The number of ether oxygens (including phenoxy) is 4. The molecule has 232 valence electrons. The molecule has 0 bridgehead atoms. The van der Waals surface area contributed by atoms with Gasteiger partial charge in [-0.2, -0.15) is 0 Å². The number of fused-ring (bicyclic) bond motifs is 4. The molecule has 1 aliphatic heterocycles. The zero-order valence-corrected chi connectivity index (χ0v) is 25.1. The summed E-state index contributed by atoms with van der Waals surface area (Å²) in [5.41, 5.74) is 2.34. The Morgan fingerprint density at radius 2 is 1.80 bits per heavy atom. The fraction of sp³-hybridized carbons (Fsp3) is 0.226. The molecule has 0 saturated heterocycles. The van der Waals surface area contributed by atoms with Crippen molar-refractivity contribution in [2.24, 2.45) is 0 Å². The standard InChI is InChI=1S/C31H27ClN4O9/c1-41-24-12-17-10-11-34(27(17)29(43-3)28(24)42-2)31(38)35-15-18(14-32)26-21-7-5-4-6-20(21)22(13-23(26)35)33-30(37)44-16-19-8-9-25(45-19)36(39)40/h4-13,18H,14-16H2,1-3H3,(H,33,37). The van der Waals surface area contributed by atoms with Gasteiger partial charge in [-0.15, -0.1) is 11.6 Å². The highest BCUT2D eigenvalue weighted by Gasteiger charge is 2.36. The molecule has 1 unspecified atom stereocenters. The van der Waals surface area contributed by atoms with E-state index < -0.39 is 16.9 Å². The smallest absolute Gasteiger partial charge is 0.433 e. The Hall–Kier alpha value is -5.43.